The van der Waals surface area contributed by atoms with Crippen molar-refractivity contribution in [3.63, 3.8) is 0 Å². The molecule has 0 bridgehead atoms. The Balaban J connectivity index is 2.24. The Morgan fingerprint density at radius 3 is 3.08 bits per heavy atom. The molecule has 0 aliphatic carbocycles. The highest BCUT2D eigenvalue weighted by molar-refractivity contribution is 5.81. The number of esters is 1. The molecule has 13 heavy (non-hydrogen) atoms. The first-order valence-electron chi connectivity index (χ1n) is 4.79. The summed E-state index contributed by atoms with van der Waals surface area (Å²) in [6, 6.07) is 0. The van der Waals surface area contributed by atoms with Crippen LogP contribution in [0.25, 0.3) is 0 Å². The normalized spacial score (nSPS) is 23.3. The van der Waals surface area contributed by atoms with Crippen molar-refractivity contribution in [3.05, 3.63) is 12.2 Å². The summed E-state index contributed by atoms with van der Waals surface area (Å²) in [5.74, 6) is -0.281. The van der Waals surface area contributed by atoms with Crippen molar-refractivity contribution in [1.29, 1.82) is 0 Å². The number of hydrogen-bond acceptors (Lipinski definition) is 3. The molecule has 1 heterocycles. The third-order valence-electron chi connectivity index (χ3n) is 1.95. The fraction of sp³-hybridized carbons (Fsp3) is 0.700. The molecule has 1 rings (SSSR count). The van der Waals surface area contributed by atoms with Gasteiger partial charge in [-0.1, -0.05) is 0 Å². The predicted molar refractivity (Wildman–Crippen MR) is 49.4 cm³/mol. The van der Waals surface area contributed by atoms with E-state index in [0.29, 0.717) is 6.61 Å². The molecule has 0 aromatic rings. The monoisotopic (exact) mass is 184 g/mol. The molecule has 0 aromatic carbocycles. The van der Waals surface area contributed by atoms with Crippen LogP contribution in [0.4, 0.5) is 0 Å². The van der Waals surface area contributed by atoms with Gasteiger partial charge in [0, 0.05) is 12.7 Å². The Morgan fingerprint density at radius 2 is 2.46 bits per heavy atom. The lowest BCUT2D eigenvalue weighted by molar-refractivity contribution is -0.137. The maximum Gasteiger partial charge on any atom is 0.330 e. The first-order valence-corrected chi connectivity index (χ1v) is 4.79. The summed E-state index contributed by atoms with van der Waals surface area (Å²) >= 11 is 0. The van der Waals surface area contributed by atoms with Crippen LogP contribution in [0.2, 0.25) is 0 Å². The molecule has 1 aliphatic heterocycles. The minimum Gasteiger partial charge on any atom is -0.463 e. The third-order valence-corrected chi connectivity index (χ3v) is 1.95. The van der Waals surface area contributed by atoms with Crippen molar-refractivity contribution in [2.45, 2.75) is 32.3 Å². The van der Waals surface area contributed by atoms with Gasteiger partial charge in [0.1, 0.15) is 0 Å². The summed E-state index contributed by atoms with van der Waals surface area (Å²) in [5, 5.41) is 0. The summed E-state index contributed by atoms with van der Waals surface area (Å²) in [7, 11) is 0. The van der Waals surface area contributed by atoms with E-state index in [-0.39, 0.29) is 12.1 Å². The molecule has 3 heteroatoms. The molecule has 0 saturated carbocycles. The lowest BCUT2D eigenvalue weighted by atomic mass is 10.1. The van der Waals surface area contributed by atoms with Crippen LogP contribution in [0.5, 0.6) is 0 Å². The van der Waals surface area contributed by atoms with Gasteiger partial charge in [0.25, 0.3) is 0 Å². The average Bonchev–Trinajstić information content (AvgIpc) is 2.17. The number of hydrogen-bond donors (Lipinski definition) is 0. The van der Waals surface area contributed by atoms with Crippen LogP contribution < -0.4 is 0 Å². The van der Waals surface area contributed by atoms with E-state index in [4.69, 9.17) is 9.47 Å². The van der Waals surface area contributed by atoms with Crippen LogP contribution in [-0.2, 0) is 14.3 Å². The molecule has 1 saturated heterocycles. The zero-order chi connectivity index (χ0) is 9.52. The van der Waals surface area contributed by atoms with Gasteiger partial charge < -0.3 is 9.47 Å². The van der Waals surface area contributed by atoms with Gasteiger partial charge in [-0.15, -0.1) is 0 Å². The number of ether oxygens (including phenoxy) is 2. The van der Waals surface area contributed by atoms with Crippen LogP contribution in [0.15, 0.2) is 12.2 Å². The summed E-state index contributed by atoms with van der Waals surface area (Å²) in [5.41, 5.74) is 0. The second-order valence-electron chi connectivity index (χ2n) is 3.02. The van der Waals surface area contributed by atoms with Gasteiger partial charge in [0.05, 0.1) is 12.7 Å². The molecular formula is C10H16O3. The zero-order valence-electron chi connectivity index (χ0n) is 7.99. The number of rotatable bonds is 3. The Hall–Kier alpha value is -0.830. The van der Waals surface area contributed by atoms with Crippen molar-refractivity contribution >= 4 is 5.97 Å². The first-order chi connectivity index (χ1) is 6.33. The number of carbonyl (C=O) groups excluding carboxylic acids is 1. The maximum atomic E-state index is 10.9. The Bertz CT molecular complexity index is 181. The van der Waals surface area contributed by atoms with Crippen molar-refractivity contribution in [1.82, 2.24) is 0 Å². The fourth-order valence-corrected chi connectivity index (χ4v) is 1.29. The zero-order valence-corrected chi connectivity index (χ0v) is 7.99. The molecule has 0 radical (unpaired) electrons. The van der Waals surface area contributed by atoms with Crippen LogP contribution in [0.1, 0.15) is 26.2 Å². The Morgan fingerprint density at radius 1 is 1.62 bits per heavy atom. The smallest absolute Gasteiger partial charge is 0.330 e. The highest BCUT2D eigenvalue weighted by Crippen LogP contribution is 2.13. The van der Waals surface area contributed by atoms with E-state index in [0.717, 1.165) is 19.4 Å². The topological polar surface area (TPSA) is 35.5 Å². The van der Waals surface area contributed by atoms with Crippen LogP contribution >= 0.6 is 0 Å². The third kappa shape index (κ3) is 4.08. The summed E-state index contributed by atoms with van der Waals surface area (Å²) in [6.07, 6.45) is 6.67. The minimum absolute atomic E-state index is 0.109. The summed E-state index contributed by atoms with van der Waals surface area (Å²) < 4.78 is 10.2. The van der Waals surface area contributed by atoms with Crippen LogP contribution in [0.3, 0.4) is 0 Å². The molecule has 0 N–H and O–H groups in total. The lowest BCUT2D eigenvalue weighted by Gasteiger charge is -2.18. The van der Waals surface area contributed by atoms with Gasteiger partial charge in [-0.2, -0.15) is 0 Å². The van der Waals surface area contributed by atoms with E-state index in [1.165, 1.54) is 12.5 Å². The lowest BCUT2D eigenvalue weighted by Crippen LogP contribution is -2.16. The van der Waals surface area contributed by atoms with Crippen molar-refractivity contribution in [3.8, 4) is 0 Å². The SMILES string of the molecule is CCOC(=O)/C=C/C1CCCCO1. The fourth-order valence-electron chi connectivity index (χ4n) is 1.29. The molecule has 1 fully saturated rings. The molecule has 74 valence electrons. The second kappa shape index (κ2) is 5.75. The molecule has 0 spiro atoms. The summed E-state index contributed by atoms with van der Waals surface area (Å²) in [4.78, 5) is 10.9. The molecule has 1 atom stereocenters. The standard InChI is InChI=1S/C10H16O3/c1-2-12-10(11)7-6-9-5-3-4-8-13-9/h6-7,9H,2-5,8H2,1H3/b7-6+. The first kappa shape index (κ1) is 10.3. The Labute approximate surface area is 78.7 Å². The van der Waals surface area contributed by atoms with E-state index in [1.54, 1.807) is 13.0 Å². The van der Waals surface area contributed by atoms with E-state index in [2.05, 4.69) is 0 Å². The van der Waals surface area contributed by atoms with Gasteiger partial charge in [-0.25, -0.2) is 4.79 Å². The molecule has 0 aromatic heterocycles. The summed E-state index contributed by atoms with van der Waals surface area (Å²) in [6.45, 7) is 3.02. The van der Waals surface area contributed by atoms with E-state index >= 15 is 0 Å². The van der Waals surface area contributed by atoms with Crippen molar-refractivity contribution in [2.75, 3.05) is 13.2 Å². The molecule has 0 amide bonds. The highest BCUT2D eigenvalue weighted by Gasteiger charge is 2.10. The number of carbonyl (C=O) groups is 1. The second-order valence-corrected chi connectivity index (χ2v) is 3.02. The van der Waals surface area contributed by atoms with Gasteiger partial charge >= 0.3 is 5.97 Å². The van der Waals surface area contributed by atoms with E-state index < -0.39 is 0 Å². The van der Waals surface area contributed by atoms with Crippen LogP contribution in [0, 0.1) is 0 Å². The van der Waals surface area contributed by atoms with Gasteiger partial charge in [-0.3, -0.25) is 0 Å². The largest absolute Gasteiger partial charge is 0.463 e. The highest BCUT2D eigenvalue weighted by atomic mass is 16.5. The Kier molecular flexibility index (Phi) is 4.54. The van der Waals surface area contributed by atoms with E-state index in [9.17, 15) is 4.79 Å². The molecule has 1 unspecified atom stereocenters. The predicted octanol–water partition coefficient (Wildman–Crippen LogP) is 1.67. The van der Waals surface area contributed by atoms with Crippen molar-refractivity contribution in [2.24, 2.45) is 0 Å². The minimum atomic E-state index is -0.281. The molecular weight excluding hydrogens is 168 g/mol. The van der Waals surface area contributed by atoms with Gasteiger partial charge in [0.15, 0.2) is 0 Å². The van der Waals surface area contributed by atoms with Gasteiger partial charge in [0.2, 0.25) is 0 Å². The van der Waals surface area contributed by atoms with Crippen LogP contribution in [-0.4, -0.2) is 25.3 Å². The maximum absolute atomic E-state index is 10.9. The van der Waals surface area contributed by atoms with Gasteiger partial charge in [-0.05, 0) is 32.3 Å². The molecule has 3 nitrogen and oxygen atoms in total. The average molecular weight is 184 g/mol. The molecule has 1 aliphatic rings. The quantitative estimate of drug-likeness (QED) is 0.494. The van der Waals surface area contributed by atoms with E-state index in [1.807, 2.05) is 0 Å². The van der Waals surface area contributed by atoms with Crippen molar-refractivity contribution < 1.29 is 14.3 Å².